The van der Waals surface area contributed by atoms with Gasteiger partial charge in [-0.05, 0) is 36.9 Å². The molecule has 0 unspecified atom stereocenters. The summed E-state index contributed by atoms with van der Waals surface area (Å²) in [4.78, 5) is 22.6. The van der Waals surface area contributed by atoms with Crippen molar-refractivity contribution in [1.82, 2.24) is 5.32 Å². The maximum Gasteiger partial charge on any atom is 0.255 e. The molecule has 1 amide bonds. The number of nitrogens with two attached hydrogens (primary N) is 1. The lowest BCUT2D eigenvalue weighted by Gasteiger charge is -2.06. The van der Waals surface area contributed by atoms with Crippen molar-refractivity contribution in [2.45, 2.75) is 6.92 Å². The molecule has 0 radical (unpaired) electrons. The van der Waals surface area contributed by atoms with Crippen LogP contribution in [-0.4, -0.2) is 12.2 Å². The fourth-order valence-electron chi connectivity index (χ4n) is 1.24. The molecule has 0 bridgehead atoms. The molecule has 88 valence electrons. The number of nitrogens with one attached hydrogen (secondary N) is 1. The van der Waals surface area contributed by atoms with Crippen LogP contribution < -0.4 is 11.1 Å². The summed E-state index contributed by atoms with van der Waals surface area (Å²) in [6, 6.07) is 8.67. The van der Waals surface area contributed by atoms with Crippen LogP contribution in [0.15, 0.2) is 53.9 Å². The molecule has 0 saturated heterocycles. The van der Waals surface area contributed by atoms with Gasteiger partial charge >= 0.3 is 0 Å². The number of carbonyl (C=O) groups is 2. The van der Waals surface area contributed by atoms with Crippen molar-refractivity contribution in [2.75, 3.05) is 0 Å². The Morgan fingerprint density at radius 2 is 1.94 bits per heavy atom. The number of rotatable bonds is 4. The first-order valence-corrected chi connectivity index (χ1v) is 5.09. The van der Waals surface area contributed by atoms with Crippen molar-refractivity contribution in [3.05, 3.63) is 59.4 Å². The molecule has 1 aromatic carbocycles. The maximum atomic E-state index is 11.8. The van der Waals surface area contributed by atoms with Crippen molar-refractivity contribution in [1.29, 1.82) is 0 Å². The smallest absolute Gasteiger partial charge is 0.255 e. The monoisotopic (exact) mass is 230 g/mol. The largest absolute Gasteiger partial charge is 0.405 e. The molecule has 1 aromatic rings. The second-order valence-corrected chi connectivity index (χ2v) is 3.39. The average Bonchev–Trinajstić information content (AvgIpc) is 2.37. The zero-order valence-corrected chi connectivity index (χ0v) is 9.51. The number of benzene rings is 1. The summed E-state index contributed by atoms with van der Waals surface area (Å²) in [5.41, 5.74) is 6.53. The van der Waals surface area contributed by atoms with Crippen LogP contribution in [0, 0.1) is 0 Å². The summed E-state index contributed by atoms with van der Waals surface area (Å²) in [5.74, 6) is -0.322. The standard InChI is InChI=1S/C13H14N2O2/c1-10(7-8-14)12(9-16)15-13(17)11-5-3-2-4-6-11/h2-9H,14H2,1H3,(H,15,17)/b8-7+,12-10+. The summed E-state index contributed by atoms with van der Waals surface area (Å²) < 4.78 is 0. The second-order valence-electron chi connectivity index (χ2n) is 3.39. The van der Waals surface area contributed by atoms with Gasteiger partial charge in [0.2, 0.25) is 0 Å². The molecule has 0 heterocycles. The van der Waals surface area contributed by atoms with E-state index in [9.17, 15) is 9.59 Å². The van der Waals surface area contributed by atoms with Gasteiger partial charge in [0.25, 0.3) is 5.91 Å². The van der Waals surface area contributed by atoms with E-state index in [1.807, 2.05) is 6.07 Å². The van der Waals surface area contributed by atoms with E-state index in [0.717, 1.165) is 0 Å². The lowest BCUT2D eigenvalue weighted by Crippen LogP contribution is -2.24. The van der Waals surface area contributed by atoms with Crippen molar-refractivity contribution in [3.63, 3.8) is 0 Å². The summed E-state index contributed by atoms with van der Waals surface area (Å²) in [6.45, 7) is 1.69. The SMILES string of the molecule is CC(/C=C/N)=C(/C=O)NC(=O)c1ccccc1. The first-order valence-electron chi connectivity index (χ1n) is 5.09. The first kappa shape index (κ1) is 12.7. The third-order valence-electron chi connectivity index (χ3n) is 2.17. The Hall–Kier alpha value is -2.36. The predicted octanol–water partition coefficient (Wildman–Crippen LogP) is 1.36. The second kappa shape index (κ2) is 6.27. The van der Waals surface area contributed by atoms with Crippen LogP contribution in [0.3, 0.4) is 0 Å². The van der Waals surface area contributed by atoms with E-state index in [-0.39, 0.29) is 11.6 Å². The quantitative estimate of drug-likeness (QED) is 0.466. The molecule has 0 fully saturated rings. The van der Waals surface area contributed by atoms with E-state index < -0.39 is 0 Å². The number of amides is 1. The third-order valence-corrected chi connectivity index (χ3v) is 2.17. The van der Waals surface area contributed by atoms with Crippen LogP contribution in [-0.2, 0) is 4.79 Å². The lowest BCUT2D eigenvalue weighted by atomic mass is 10.2. The Kier molecular flexibility index (Phi) is 4.69. The van der Waals surface area contributed by atoms with Crippen LogP contribution in [0.5, 0.6) is 0 Å². The molecule has 17 heavy (non-hydrogen) atoms. The fraction of sp³-hybridized carbons (Fsp3) is 0.0769. The van der Waals surface area contributed by atoms with Gasteiger partial charge in [-0.1, -0.05) is 18.2 Å². The van der Waals surface area contributed by atoms with Crippen molar-refractivity contribution >= 4 is 12.2 Å². The van der Waals surface area contributed by atoms with E-state index >= 15 is 0 Å². The maximum absolute atomic E-state index is 11.8. The van der Waals surface area contributed by atoms with E-state index in [1.165, 1.54) is 6.20 Å². The highest BCUT2D eigenvalue weighted by Crippen LogP contribution is 2.03. The van der Waals surface area contributed by atoms with Crippen LogP contribution in [0.1, 0.15) is 17.3 Å². The lowest BCUT2D eigenvalue weighted by molar-refractivity contribution is -0.105. The minimum atomic E-state index is -0.322. The van der Waals surface area contributed by atoms with Gasteiger partial charge in [-0.15, -0.1) is 0 Å². The molecular formula is C13H14N2O2. The van der Waals surface area contributed by atoms with E-state index in [1.54, 1.807) is 37.3 Å². The molecule has 3 N–H and O–H groups in total. The van der Waals surface area contributed by atoms with Crippen molar-refractivity contribution < 1.29 is 9.59 Å². The van der Waals surface area contributed by atoms with Crippen LogP contribution in [0.25, 0.3) is 0 Å². The van der Waals surface area contributed by atoms with Gasteiger partial charge in [-0.3, -0.25) is 9.59 Å². The van der Waals surface area contributed by atoms with E-state index in [2.05, 4.69) is 5.32 Å². The number of allylic oxidation sites excluding steroid dienone is 3. The molecule has 0 aliphatic rings. The molecule has 4 heteroatoms. The molecular weight excluding hydrogens is 216 g/mol. The van der Waals surface area contributed by atoms with Crippen molar-refractivity contribution in [2.24, 2.45) is 5.73 Å². The topological polar surface area (TPSA) is 72.2 Å². The Morgan fingerprint density at radius 3 is 2.47 bits per heavy atom. The zero-order valence-electron chi connectivity index (χ0n) is 9.51. The van der Waals surface area contributed by atoms with Gasteiger partial charge in [0.05, 0.1) is 5.70 Å². The Morgan fingerprint density at radius 1 is 1.29 bits per heavy atom. The highest BCUT2D eigenvalue weighted by atomic mass is 16.2. The van der Waals surface area contributed by atoms with Gasteiger partial charge < -0.3 is 11.1 Å². The molecule has 4 nitrogen and oxygen atoms in total. The van der Waals surface area contributed by atoms with Crippen LogP contribution >= 0.6 is 0 Å². The third kappa shape index (κ3) is 3.61. The van der Waals surface area contributed by atoms with Gasteiger partial charge in [-0.2, -0.15) is 0 Å². The summed E-state index contributed by atoms with van der Waals surface area (Å²) in [6.07, 6.45) is 3.46. The number of carbonyl (C=O) groups excluding carboxylic acids is 2. The minimum absolute atomic E-state index is 0.209. The van der Waals surface area contributed by atoms with Gasteiger partial charge in [0.15, 0.2) is 6.29 Å². The van der Waals surface area contributed by atoms with E-state index in [4.69, 9.17) is 5.73 Å². The van der Waals surface area contributed by atoms with Gasteiger partial charge in [-0.25, -0.2) is 0 Å². The Bertz CT molecular complexity index is 462. The molecule has 0 aromatic heterocycles. The average molecular weight is 230 g/mol. The molecule has 0 aliphatic heterocycles. The fourth-order valence-corrected chi connectivity index (χ4v) is 1.24. The van der Waals surface area contributed by atoms with Crippen LogP contribution in [0.4, 0.5) is 0 Å². The van der Waals surface area contributed by atoms with Gasteiger partial charge in [0, 0.05) is 5.56 Å². The number of hydrogen-bond acceptors (Lipinski definition) is 3. The molecule has 0 atom stereocenters. The summed E-state index contributed by atoms with van der Waals surface area (Å²) in [5, 5.41) is 2.53. The zero-order chi connectivity index (χ0) is 12.7. The summed E-state index contributed by atoms with van der Waals surface area (Å²) >= 11 is 0. The Labute approximate surface area is 99.8 Å². The van der Waals surface area contributed by atoms with Gasteiger partial charge in [0.1, 0.15) is 0 Å². The van der Waals surface area contributed by atoms with E-state index in [0.29, 0.717) is 17.4 Å². The highest BCUT2D eigenvalue weighted by Gasteiger charge is 2.07. The number of hydrogen-bond donors (Lipinski definition) is 2. The Balaban J connectivity index is 2.87. The molecule has 0 aliphatic carbocycles. The first-order chi connectivity index (χ1) is 8.19. The highest BCUT2D eigenvalue weighted by molar-refractivity contribution is 5.98. The van der Waals surface area contributed by atoms with Crippen molar-refractivity contribution in [3.8, 4) is 0 Å². The van der Waals surface area contributed by atoms with Crippen LogP contribution in [0.2, 0.25) is 0 Å². The predicted molar refractivity (Wildman–Crippen MR) is 66.0 cm³/mol. The molecule has 0 saturated carbocycles. The molecule has 1 rings (SSSR count). The normalized spacial score (nSPS) is 12.1. The number of aldehydes is 1. The minimum Gasteiger partial charge on any atom is -0.405 e. The molecule has 0 spiro atoms. The summed E-state index contributed by atoms with van der Waals surface area (Å²) in [7, 11) is 0.